The summed E-state index contributed by atoms with van der Waals surface area (Å²) in [5.41, 5.74) is 1.05. The van der Waals surface area contributed by atoms with Gasteiger partial charge in [-0.2, -0.15) is 0 Å². The number of nitrogens with zero attached hydrogens (tertiary/aromatic N) is 1. The molecule has 1 aliphatic rings. The predicted octanol–water partition coefficient (Wildman–Crippen LogP) is 2.70. The number of nitrogens with one attached hydrogen (secondary N) is 2. The lowest BCUT2D eigenvalue weighted by Gasteiger charge is -2.18. The molecule has 0 aromatic heterocycles. The van der Waals surface area contributed by atoms with Gasteiger partial charge in [-0.15, -0.1) is 0 Å². The van der Waals surface area contributed by atoms with Gasteiger partial charge in [-0.25, -0.2) is 4.99 Å². The second-order valence-corrected chi connectivity index (χ2v) is 6.86. The second kappa shape index (κ2) is 10.9. The molecule has 146 valence electrons. The van der Waals surface area contributed by atoms with Crippen molar-refractivity contribution < 1.29 is 14.6 Å². The molecular weight excluding hydrogens is 330 g/mol. The standard InChI is InChI=1S/C20H33N3O3/c1-4-21-20(22-12-15(2)14-24)23-13-16-9-10-18(25-3)11-19(16)26-17-7-5-6-8-17/h9-11,15,17,24H,4-8,12-14H2,1-3H3,(H2,21,22,23). The Hall–Kier alpha value is -1.95. The van der Waals surface area contributed by atoms with Gasteiger partial charge in [0.25, 0.3) is 0 Å². The fraction of sp³-hybridized carbons (Fsp3) is 0.650. The third kappa shape index (κ3) is 6.41. The molecule has 3 N–H and O–H groups in total. The van der Waals surface area contributed by atoms with E-state index in [1.807, 2.05) is 32.0 Å². The quantitative estimate of drug-likeness (QED) is 0.465. The summed E-state index contributed by atoms with van der Waals surface area (Å²) in [7, 11) is 1.67. The third-order valence-electron chi connectivity index (χ3n) is 4.55. The molecule has 6 heteroatoms. The number of benzene rings is 1. The molecule has 1 saturated carbocycles. The fourth-order valence-electron chi connectivity index (χ4n) is 2.93. The van der Waals surface area contributed by atoms with Crippen LogP contribution in [0.3, 0.4) is 0 Å². The van der Waals surface area contributed by atoms with E-state index in [0.717, 1.165) is 42.4 Å². The van der Waals surface area contributed by atoms with Gasteiger partial charge in [0.15, 0.2) is 5.96 Å². The summed E-state index contributed by atoms with van der Waals surface area (Å²) in [6, 6.07) is 5.92. The molecule has 0 heterocycles. The Morgan fingerprint density at radius 3 is 2.73 bits per heavy atom. The Balaban J connectivity index is 2.08. The molecule has 1 unspecified atom stereocenters. The van der Waals surface area contributed by atoms with Gasteiger partial charge < -0.3 is 25.2 Å². The van der Waals surface area contributed by atoms with E-state index < -0.39 is 0 Å². The molecule has 0 saturated heterocycles. The summed E-state index contributed by atoms with van der Waals surface area (Å²) >= 11 is 0. The summed E-state index contributed by atoms with van der Waals surface area (Å²) in [5, 5.41) is 15.7. The summed E-state index contributed by atoms with van der Waals surface area (Å²) in [6.45, 7) is 6.17. The van der Waals surface area contributed by atoms with E-state index in [1.54, 1.807) is 7.11 Å². The van der Waals surface area contributed by atoms with Crippen molar-refractivity contribution in [2.75, 3.05) is 26.8 Å². The summed E-state index contributed by atoms with van der Waals surface area (Å²) < 4.78 is 11.6. The van der Waals surface area contributed by atoms with Gasteiger partial charge in [0, 0.05) is 31.3 Å². The molecular formula is C20H33N3O3. The Kier molecular flexibility index (Phi) is 8.54. The number of rotatable bonds is 9. The molecule has 0 bridgehead atoms. The van der Waals surface area contributed by atoms with Crippen LogP contribution in [0.1, 0.15) is 45.1 Å². The van der Waals surface area contributed by atoms with Crippen LogP contribution >= 0.6 is 0 Å². The van der Waals surface area contributed by atoms with E-state index >= 15 is 0 Å². The lowest BCUT2D eigenvalue weighted by Crippen LogP contribution is -2.39. The van der Waals surface area contributed by atoms with Gasteiger partial charge >= 0.3 is 0 Å². The maximum absolute atomic E-state index is 9.18. The van der Waals surface area contributed by atoms with Crippen molar-refractivity contribution in [1.82, 2.24) is 10.6 Å². The third-order valence-corrected chi connectivity index (χ3v) is 4.55. The molecule has 1 aliphatic carbocycles. The molecule has 26 heavy (non-hydrogen) atoms. The molecule has 6 nitrogen and oxygen atoms in total. The minimum Gasteiger partial charge on any atom is -0.497 e. The van der Waals surface area contributed by atoms with Crippen LogP contribution in [0.25, 0.3) is 0 Å². The fourth-order valence-corrected chi connectivity index (χ4v) is 2.93. The number of aliphatic imine (C=N–C) groups is 1. The molecule has 1 aromatic carbocycles. The average molecular weight is 364 g/mol. The van der Waals surface area contributed by atoms with E-state index in [0.29, 0.717) is 19.2 Å². The lowest BCUT2D eigenvalue weighted by atomic mass is 10.2. The van der Waals surface area contributed by atoms with Gasteiger partial charge in [0.2, 0.25) is 0 Å². The molecule has 1 aromatic rings. The van der Waals surface area contributed by atoms with Gasteiger partial charge in [-0.3, -0.25) is 0 Å². The molecule has 0 radical (unpaired) electrons. The van der Waals surface area contributed by atoms with E-state index in [1.165, 1.54) is 12.8 Å². The number of guanidine groups is 1. The van der Waals surface area contributed by atoms with Crippen molar-refractivity contribution in [3.63, 3.8) is 0 Å². The Bertz CT molecular complexity index is 571. The van der Waals surface area contributed by atoms with Gasteiger partial charge in [0.1, 0.15) is 11.5 Å². The zero-order valence-electron chi connectivity index (χ0n) is 16.3. The average Bonchev–Trinajstić information content (AvgIpc) is 3.17. The van der Waals surface area contributed by atoms with Crippen LogP contribution < -0.4 is 20.1 Å². The Morgan fingerprint density at radius 1 is 1.31 bits per heavy atom. The highest BCUT2D eigenvalue weighted by Crippen LogP contribution is 2.30. The largest absolute Gasteiger partial charge is 0.497 e. The first-order valence-corrected chi connectivity index (χ1v) is 9.62. The lowest BCUT2D eigenvalue weighted by molar-refractivity contribution is 0.207. The van der Waals surface area contributed by atoms with Crippen LogP contribution in [0.5, 0.6) is 11.5 Å². The number of hydrogen-bond acceptors (Lipinski definition) is 4. The molecule has 0 amide bonds. The Labute approximate surface area is 157 Å². The highest BCUT2D eigenvalue weighted by molar-refractivity contribution is 5.79. The van der Waals surface area contributed by atoms with Crippen LogP contribution in [0.15, 0.2) is 23.2 Å². The van der Waals surface area contributed by atoms with Crippen molar-refractivity contribution >= 4 is 5.96 Å². The van der Waals surface area contributed by atoms with E-state index in [-0.39, 0.29) is 12.5 Å². The molecule has 2 rings (SSSR count). The van der Waals surface area contributed by atoms with Crippen molar-refractivity contribution in [2.24, 2.45) is 10.9 Å². The SMILES string of the molecule is CCNC(=NCc1ccc(OC)cc1OC1CCCC1)NCC(C)CO. The van der Waals surface area contributed by atoms with E-state index in [9.17, 15) is 5.11 Å². The second-order valence-electron chi connectivity index (χ2n) is 6.86. The van der Waals surface area contributed by atoms with Crippen molar-refractivity contribution in [1.29, 1.82) is 0 Å². The van der Waals surface area contributed by atoms with Gasteiger partial charge in [0.05, 0.1) is 19.8 Å². The summed E-state index contributed by atoms with van der Waals surface area (Å²) in [6.07, 6.45) is 4.99. The monoisotopic (exact) mass is 363 g/mol. The first-order chi connectivity index (χ1) is 12.7. The summed E-state index contributed by atoms with van der Waals surface area (Å²) in [5.74, 6) is 2.59. The minimum atomic E-state index is 0.157. The van der Waals surface area contributed by atoms with Crippen molar-refractivity contribution in [2.45, 2.75) is 52.2 Å². The number of methoxy groups -OCH3 is 1. The zero-order chi connectivity index (χ0) is 18.8. The minimum absolute atomic E-state index is 0.157. The maximum atomic E-state index is 9.18. The highest BCUT2D eigenvalue weighted by Gasteiger charge is 2.18. The maximum Gasteiger partial charge on any atom is 0.191 e. The highest BCUT2D eigenvalue weighted by atomic mass is 16.5. The number of hydrogen-bond donors (Lipinski definition) is 3. The van der Waals surface area contributed by atoms with Crippen LogP contribution in [-0.2, 0) is 6.54 Å². The zero-order valence-corrected chi connectivity index (χ0v) is 16.3. The molecule has 0 spiro atoms. The van der Waals surface area contributed by atoms with Crippen LogP contribution in [-0.4, -0.2) is 44.0 Å². The predicted molar refractivity (Wildman–Crippen MR) is 105 cm³/mol. The molecule has 1 fully saturated rings. The van der Waals surface area contributed by atoms with Crippen molar-refractivity contribution in [3.05, 3.63) is 23.8 Å². The topological polar surface area (TPSA) is 75.1 Å². The molecule has 1 atom stereocenters. The Morgan fingerprint density at radius 2 is 2.08 bits per heavy atom. The first kappa shape index (κ1) is 20.4. The smallest absolute Gasteiger partial charge is 0.191 e. The number of aliphatic hydroxyl groups is 1. The molecule has 0 aliphatic heterocycles. The van der Waals surface area contributed by atoms with E-state index in [2.05, 4.69) is 15.6 Å². The number of aliphatic hydroxyl groups excluding tert-OH is 1. The normalized spacial score (nSPS) is 16.4. The van der Waals surface area contributed by atoms with Crippen molar-refractivity contribution in [3.8, 4) is 11.5 Å². The van der Waals surface area contributed by atoms with Crippen LogP contribution in [0, 0.1) is 5.92 Å². The van der Waals surface area contributed by atoms with Gasteiger partial charge in [-0.05, 0) is 50.7 Å². The van der Waals surface area contributed by atoms with Crippen LogP contribution in [0.4, 0.5) is 0 Å². The summed E-state index contributed by atoms with van der Waals surface area (Å²) in [4.78, 5) is 4.67. The van der Waals surface area contributed by atoms with E-state index in [4.69, 9.17) is 9.47 Å². The first-order valence-electron chi connectivity index (χ1n) is 9.62. The van der Waals surface area contributed by atoms with Gasteiger partial charge in [-0.1, -0.05) is 6.92 Å². The number of ether oxygens (including phenoxy) is 2. The van der Waals surface area contributed by atoms with Crippen LogP contribution in [0.2, 0.25) is 0 Å².